The van der Waals surface area contributed by atoms with Crippen LogP contribution in [0.15, 0.2) is 12.3 Å². The Bertz CT molecular complexity index is 601. The number of esters is 1. The minimum absolute atomic E-state index is 0.206. The van der Waals surface area contributed by atoms with E-state index < -0.39 is 17.7 Å². The van der Waals surface area contributed by atoms with Crippen molar-refractivity contribution in [1.82, 2.24) is 9.88 Å². The van der Waals surface area contributed by atoms with Crippen LogP contribution in [0.5, 0.6) is 0 Å². The topological polar surface area (TPSA) is 98.7 Å². The number of nitrogens with one attached hydrogen (secondary N) is 2. The van der Waals surface area contributed by atoms with E-state index in [4.69, 9.17) is 4.74 Å². The van der Waals surface area contributed by atoms with Crippen molar-refractivity contribution >= 4 is 23.7 Å². The van der Waals surface area contributed by atoms with Gasteiger partial charge in [-0.25, -0.2) is 9.59 Å². The minimum Gasteiger partial charge on any atom is -0.464 e. The van der Waals surface area contributed by atoms with Gasteiger partial charge in [-0.3, -0.25) is 4.79 Å². The highest BCUT2D eigenvalue weighted by atomic mass is 16.6. The number of amides is 2. The van der Waals surface area contributed by atoms with Crippen LogP contribution in [0.4, 0.5) is 10.5 Å². The first-order valence-corrected chi connectivity index (χ1v) is 7.64. The molecule has 0 unspecified atom stereocenters. The van der Waals surface area contributed by atoms with Gasteiger partial charge in [-0.1, -0.05) is 0 Å². The lowest BCUT2D eigenvalue weighted by Gasteiger charge is -2.19. The predicted molar refractivity (Wildman–Crippen MR) is 88.9 cm³/mol. The molecule has 0 saturated heterocycles. The van der Waals surface area contributed by atoms with E-state index in [-0.39, 0.29) is 12.3 Å². The van der Waals surface area contributed by atoms with Crippen molar-refractivity contribution in [3.63, 3.8) is 0 Å². The van der Waals surface area contributed by atoms with Crippen LogP contribution in [0.2, 0.25) is 0 Å². The normalized spacial score (nSPS) is 10.9. The Balaban J connectivity index is 2.35. The number of aromatic nitrogens is 1. The van der Waals surface area contributed by atoms with Crippen LogP contribution in [0, 0.1) is 0 Å². The minimum atomic E-state index is -0.549. The van der Waals surface area contributed by atoms with Crippen molar-refractivity contribution in [1.29, 1.82) is 0 Å². The zero-order valence-electron chi connectivity index (χ0n) is 14.8. The summed E-state index contributed by atoms with van der Waals surface area (Å²) in [5, 5.41) is 5.28. The summed E-state index contributed by atoms with van der Waals surface area (Å²) in [7, 11) is 2.98. The molecule has 0 aliphatic rings. The standard InChI is InChI=1S/C16H25N3O5/c1-16(2,3)24-15(22)17-8-6-7-13(20)18-11-9-12(14(21)23-5)19(4)10-11/h9-10H,6-8H2,1-5H3,(H,17,22)(H,18,20). The number of hydrogen-bond donors (Lipinski definition) is 2. The number of ether oxygens (including phenoxy) is 2. The average Bonchev–Trinajstić information content (AvgIpc) is 2.81. The van der Waals surface area contributed by atoms with E-state index in [0.29, 0.717) is 24.3 Å². The number of carbonyl (C=O) groups is 3. The van der Waals surface area contributed by atoms with Gasteiger partial charge < -0.3 is 24.7 Å². The molecule has 2 N–H and O–H groups in total. The van der Waals surface area contributed by atoms with E-state index >= 15 is 0 Å². The van der Waals surface area contributed by atoms with Gasteiger partial charge in [0.1, 0.15) is 11.3 Å². The van der Waals surface area contributed by atoms with Gasteiger partial charge in [0, 0.05) is 26.2 Å². The van der Waals surface area contributed by atoms with Gasteiger partial charge in [0.05, 0.1) is 12.8 Å². The molecule has 1 aromatic heterocycles. The Kier molecular flexibility index (Phi) is 6.82. The maximum Gasteiger partial charge on any atom is 0.407 e. The zero-order valence-corrected chi connectivity index (χ0v) is 14.8. The fraction of sp³-hybridized carbons (Fsp3) is 0.562. The quantitative estimate of drug-likeness (QED) is 0.610. The summed E-state index contributed by atoms with van der Waals surface area (Å²) in [4.78, 5) is 34.8. The first-order valence-electron chi connectivity index (χ1n) is 7.64. The highest BCUT2D eigenvalue weighted by molar-refractivity contribution is 5.94. The number of alkyl carbamates (subject to hydrolysis) is 1. The lowest BCUT2D eigenvalue weighted by molar-refractivity contribution is -0.116. The summed E-state index contributed by atoms with van der Waals surface area (Å²) in [5.41, 5.74) is 0.314. The maximum atomic E-state index is 11.9. The number of hydrogen-bond acceptors (Lipinski definition) is 5. The monoisotopic (exact) mass is 339 g/mol. The van der Waals surface area contributed by atoms with Crippen LogP contribution in [0.1, 0.15) is 44.1 Å². The van der Waals surface area contributed by atoms with Crippen LogP contribution in [-0.4, -0.2) is 41.8 Å². The van der Waals surface area contributed by atoms with E-state index in [1.54, 1.807) is 44.6 Å². The number of rotatable bonds is 6. The molecule has 0 spiro atoms. The third-order valence-electron chi connectivity index (χ3n) is 2.93. The van der Waals surface area contributed by atoms with Crippen molar-refractivity contribution in [2.45, 2.75) is 39.2 Å². The van der Waals surface area contributed by atoms with Crippen molar-refractivity contribution in [2.24, 2.45) is 7.05 Å². The second-order valence-corrected chi connectivity index (χ2v) is 6.30. The lowest BCUT2D eigenvalue weighted by atomic mass is 10.2. The third-order valence-corrected chi connectivity index (χ3v) is 2.93. The molecule has 2 amide bonds. The summed E-state index contributed by atoms with van der Waals surface area (Å²) < 4.78 is 11.3. The summed E-state index contributed by atoms with van der Waals surface area (Å²) in [6, 6.07) is 1.54. The summed E-state index contributed by atoms with van der Waals surface area (Å²) in [6.07, 6.45) is 1.83. The summed E-state index contributed by atoms with van der Waals surface area (Å²) in [5.74, 6) is -0.678. The highest BCUT2D eigenvalue weighted by Crippen LogP contribution is 2.14. The SMILES string of the molecule is COC(=O)c1cc(NC(=O)CCCNC(=O)OC(C)(C)C)cn1C. The van der Waals surface area contributed by atoms with Crippen molar-refractivity contribution in [3.8, 4) is 0 Å². The van der Waals surface area contributed by atoms with Crippen LogP contribution in [0.25, 0.3) is 0 Å². The molecule has 0 aromatic carbocycles. The molecule has 24 heavy (non-hydrogen) atoms. The smallest absolute Gasteiger partial charge is 0.407 e. The van der Waals surface area contributed by atoms with Gasteiger partial charge in [-0.05, 0) is 33.3 Å². The third kappa shape index (κ3) is 6.72. The second-order valence-electron chi connectivity index (χ2n) is 6.30. The molecule has 0 bridgehead atoms. The van der Waals surface area contributed by atoms with Crippen molar-refractivity contribution < 1.29 is 23.9 Å². The van der Waals surface area contributed by atoms with Crippen molar-refractivity contribution in [2.75, 3.05) is 19.0 Å². The molecule has 0 saturated carbocycles. The van der Waals surface area contributed by atoms with Crippen LogP contribution in [0.3, 0.4) is 0 Å². The molecule has 8 nitrogen and oxygen atoms in total. The van der Waals surface area contributed by atoms with Gasteiger partial charge in [-0.2, -0.15) is 0 Å². The molecular weight excluding hydrogens is 314 g/mol. The van der Waals surface area contributed by atoms with Gasteiger partial charge >= 0.3 is 12.1 Å². The summed E-state index contributed by atoms with van der Waals surface area (Å²) in [6.45, 7) is 5.68. The van der Waals surface area contributed by atoms with E-state index in [1.807, 2.05) is 0 Å². The molecule has 0 radical (unpaired) electrons. The Morgan fingerprint density at radius 3 is 2.50 bits per heavy atom. The Hall–Kier alpha value is -2.51. The Morgan fingerprint density at radius 2 is 1.92 bits per heavy atom. The molecule has 8 heteroatoms. The van der Waals surface area contributed by atoms with Gasteiger partial charge in [-0.15, -0.1) is 0 Å². The first kappa shape index (κ1) is 19.5. The van der Waals surface area contributed by atoms with E-state index in [1.165, 1.54) is 7.11 Å². The number of aryl methyl sites for hydroxylation is 1. The van der Waals surface area contributed by atoms with Crippen LogP contribution < -0.4 is 10.6 Å². The fourth-order valence-electron chi connectivity index (χ4n) is 1.92. The maximum absolute atomic E-state index is 11.9. The largest absolute Gasteiger partial charge is 0.464 e. The van der Waals surface area contributed by atoms with E-state index in [0.717, 1.165) is 0 Å². The van der Waals surface area contributed by atoms with Crippen molar-refractivity contribution in [3.05, 3.63) is 18.0 Å². The average molecular weight is 339 g/mol. The molecule has 0 atom stereocenters. The Morgan fingerprint density at radius 1 is 1.25 bits per heavy atom. The molecule has 0 fully saturated rings. The molecule has 0 aliphatic carbocycles. The molecule has 1 aromatic rings. The zero-order chi connectivity index (χ0) is 18.3. The number of nitrogens with zero attached hydrogens (tertiary/aromatic N) is 1. The van der Waals surface area contributed by atoms with E-state index in [2.05, 4.69) is 15.4 Å². The molecule has 1 rings (SSSR count). The first-order chi connectivity index (χ1) is 11.1. The van der Waals surface area contributed by atoms with E-state index in [9.17, 15) is 14.4 Å². The molecular formula is C16H25N3O5. The predicted octanol–water partition coefficient (Wildman–Crippen LogP) is 2.06. The highest BCUT2D eigenvalue weighted by Gasteiger charge is 2.16. The molecule has 1 heterocycles. The van der Waals surface area contributed by atoms with Gasteiger partial charge in [0.2, 0.25) is 5.91 Å². The van der Waals surface area contributed by atoms with Crippen LogP contribution >= 0.6 is 0 Å². The Labute approximate surface area is 141 Å². The number of methoxy groups -OCH3 is 1. The van der Waals surface area contributed by atoms with Gasteiger partial charge in [0.25, 0.3) is 0 Å². The fourth-order valence-corrected chi connectivity index (χ4v) is 1.92. The van der Waals surface area contributed by atoms with Crippen LogP contribution in [-0.2, 0) is 21.3 Å². The van der Waals surface area contributed by atoms with Gasteiger partial charge in [0.15, 0.2) is 0 Å². The number of carbonyl (C=O) groups excluding carboxylic acids is 3. The summed E-state index contributed by atoms with van der Waals surface area (Å²) >= 11 is 0. The second kappa shape index (κ2) is 8.37. The molecule has 0 aliphatic heterocycles. The molecule has 134 valence electrons. The number of anilines is 1. The lowest BCUT2D eigenvalue weighted by Crippen LogP contribution is -2.33.